The Morgan fingerprint density at radius 2 is 2.29 bits per heavy atom. The number of thioether (sulfide) groups is 1. The van der Waals surface area contributed by atoms with Crippen LogP contribution in [0, 0.1) is 11.8 Å². The van der Waals surface area contributed by atoms with Gasteiger partial charge in [-0.1, -0.05) is 24.7 Å². The Balaban J connectivity index is 2.07. The van der Waals surface area contributed by atoms with Gasteiger partial charge in [-0.05, 0) is 31.2 Å². The zero-order valence-electron chi connectivity index (χ0n) is 12.3. The van der Waals surface area contributed by atoms with Gasteiger partial charge in [-0.3, -0.25) is 4.79 Å². The molecular formula is C16H21N3OS. The molecule has 1 aliphatic carbocycles. The van der Waals surface area contributed by atoms with E-state index in [0.29, 0.717) is 17.8 Å². The van der Waals surface area contributed by atoms with Crippen LogP contribution in [0.3, 0.4) is 0 Å². The van der Waals surface area contributed by atoms with Crippen LogP contribution in [-0.4, -0.2) is 35.0 Å². The maximum absolute atomic E-state index is 12.4. The largest absolute Gasteiger partial charge is 0.349 e. The van der Waals surface area contributed by atoms with Gasteiger partial charge in [0.15, 0.2) is 0 Å². The molecule has 0 saturated heterocycles. The van der Waals surface area contributed by atoms with Crippen molar-refractivity contribution in [3.05, 3.63) is 29.6 Å². The van der Waals surface area contributed by atoms with E-state index in [2.05, 4.69) is 28.4 Å². The third-order valence-electron chi connectivity index (χ3n) is 3.87. The normalized spacial score (nSPS) is 16.1. The molecule has 0 bridgehead atoms. The number of rotatable bonds is 4. The number of nitrogens with two attached hydrogens (primary N) is 1. The maximum Gasteiger partial charge on any atom is 0.271 e. The molecule has 21 heavy (non-hydrogen) atoms. The fourth-order valence-corrected chi connectivity index (χ4v) is 3.54. The van der Waals surface area contributed by atoms with E-state index in [1.54, 1.807) is 18.3 Å². The minimum atomic E-state index is -0.155. The average Bonchev–Trinajstić information content (AvgIpc) is 3.00. The fourth-order valence-electron chi connectivity index (χ4n) is 2.63. The monoisotopic (exact) mass is 303 g/mol. The number of nitrogens with zero attached hydrogens (tertiary/aromatic N) is 1. The van der Waals surface area contributed by atoms with E-state index < -0.39 is 0 Å². The highest BCUT2D eigenvalue weighted by molar-refractivity contribution is 8.00. The molecule has 1 amide bonds. The number of aromatic nitrogens is 1. The highest BCUT2D eigenvalue weighted by atomic mass is 32.2. The standard InChI is InChI=1S/C16H21N3OS/c1-21-16(8-2-3-9-16)12-19-15(20)14-13(6-4-10-17)7-5-11-18-14/h5,7,11H,2-3,8-10,12,17H2,1H3,(H,19,20). The van der Waals surface area contributed by atoms with E-state index in [-0.39, 0.29) is 17.2 Å². The first-order valence-electron chi connectivity index (χ1n) is 7.18. The van der Waals surface area contributed by atoms with Gasteiger partial charge < -0.3 is 11.1 Å². The zero-order chi connectivity index (χ0) is 15.1. The summed E-state index contributed by atoms with van der Waals surface area (Å²) in [5, 5.41) is 3.03. The topological polar surface area (TPSA) is 68.0 Å². The Hall–Kier alpha value is -1.51. The molecule has 2 rings (SSSR count). The Morgan fingerprint density at radius 3 is 2.95 bits per heavy atom. The van der Waals surface area contributed by atoms with E-state index in [4.69, 9.17) is 5.73 Å². The van der Waals surface area contributed by atoms with Gasteiger partial charge in [0, 0.05) is 17.5 Å². The number of hydrogen-bond donors (Lipinski definition) is 2. The fraction of sp³-hybridized carbons (Fsp3) is 0.500. The van der Waals surface area contributed by atoms with E-state index in [0.717, 1.165) is 12.8 Å². The highest BCUT2D eigenvalue weighted by Gasteiger charge is 2.33. The second-order valence-corrected chi connectivity index (χ2v) is 6.46. The second-order valence-electron chi connectivity index (χ2n) is 5.18. The van der Waals surface area contributed by atoms with Crippen molar-refractivity contribution >= 4 is 17.7 Å². The molecule has 0 aliphatic heterocycles. The van der Waals surface area contributed by atoms with Crippen molar-refractivity contribution in [2.45, 2.75) is 30.4 Å². The van der Waals surface area contributed by atoms with Gasteiger partial charge in [0.05, 0.1) is 12.1 Å². The lowest BCUT2D eigenvalue weighted by atomic mass is 10.1. The Morgan fingerprint density at radius 1 is 1.52 bits per heavy atom. The van der Waals surface area contributed by atoms with Gasteiger partial charge in [0.25, 0.3) is 5.91 Å². The predicted octanol–water partition coefficient (Wildman–Crippen LogP) is 1.80. The molecule has 1 heterocycles. The molecule has 0 aromatic carbocycles. The first kappa shape index (κ1) is 15.9. The number of carbonyl (C=O) groups is 1. The summed E-state index contributed by atoms with van der Waals surface area (Å²) in [6, 6.07) is 3.57. The van der Waals surface area contributed by atoms with Crippen LogP contribution in [0.2, 0.25) is 0 Å². The number of amides is 1. The lowest BCUT2D eigenvalue weighted by molar-refractivity contribution is 0.0944. The molecular weight excluding hydrogens is 282 g/mol. The van der Waals surface area contributed by atoms with Gasteiger partial charge in [-0.2, -0.15) is 11.8 Å². The Kier molecular flexibility index (Phi) is 5.66. The molecule has 0 radical (unpaired) electrons. The van der Waals surface area contributed by atoms with Crippen LogP contribution in [0.4, 0.5) is 0 Å². The van der Waals surface area contributed by atoms with Crippen molar-refractivity contribution in [3.8, 4) is 11.8 Å². The molecule has 1 aromatic heterocycles. The first-order valence-corrected chi connectivity index (χ1v) is 8.40. The summed E-state index contributed by atoms with van der Waals surface area (Å²) in [6.45, 7) is 0.957. The van der Waals surface area contributed by atoms with Crippen molar-refractivity contribution in [2.24, 2.45) is 5.73 Å². The Labute approximate surface area is 130 Å². The van der Waals surface area contributed by atoms with E-state index in [1.165, 1.54) is 12.8 Å². The summed E-state index contributed by atoms with van der Waals surface area (Å²) in [5.74, 6) is 5.52. The zero-order valence-corrected chi connectivity index (χ0v) is 13.1. The van der Waals surface area contributed by atoms with Gasteiger partial charge >= 0.3 is 0 Å². The highest BCUT2D eigenvalue weighted by Crippen LogP contribution is 2.39. The summed E-state index contributed by atoms with van der Waals surface area (Å²) < 4.78 is 0.188. The van der Waals surface area contributed by atoms with Crippen LogP contribution in [-0.2, 0) is 0 Å². The van der Waals surface area contributed by atoms with Crippen LogP contribution < -0.4 is 11.1 Å². The third kappa shape index (κ3) is 3.99. The van der Waals surface area contributed by atoms with Crippen molar-refractivity contribution in [2.75, 3.05) is 19.3 Å². The minimum absolute atomic E-state index is 0.155. The lowest BCUT2D eigenvalue weighted by Crippen LogP contribution is -2.39. The molecule has 5 heteroatoms. The van der Waals surface area contributed by atoms with E-state index >= 15 is 0 Å². The van der Waals surface area contributed by atoms with Crippen molar-refractivity contribution < 1.29 is 4.79 Å². The number of carbonyl (C=O) groups excluding carboxylic acids is 1. The average molecular weight is 303 g/mol. The number of nitrogens with one attached hydrogen (secondary N) is 1. The predicted molar refractivity (Wildman–Crippen MR) is 87.2 cm³/mol. The SMILES string of the molecule is CSC1(CNC(=O)c2ncccc2C#CCN)CCCC1. The van der Waals surface area contributed by atoms with Crippen LogP contribution in [0.1, 0.15) is 41.7 Å². The van der Waals surface area contributed by atoms with Gasteiger partial charge in [0.1, 0.15) is 5.69 Å². The van der Waals surface area contributed by atoms with Crippen LogP contribution in [0.5, 0.6) is 0 Å². The van der Waals surface area contributed by atoms with Crippen LogP contribution >= 0.6 is 11.8 Å². The molecule has 1 aliphatic rings. The van der Waals surface area contributed by atoms with E-state index in [9.17, 15) is 4.79 Å². The van der Waals surface area contributed by atoms with E-state index in [1.807, 2.05) is 11.8 Å². The molecule has 1 aromatic rings. The quantitative estimate of drug-likeness (QED) is 0.832. The molecule has 1 saturated carbocycles. The molecule has 0 unspecified atom stereocenters. The second kappa shape index (κ2) is 7.48. The van der Waals surface area contributed by atoms with Gasteiger partial charge in [-0.15, -0.1) is 0 Å². The Bertz CT molecular complexity index is 556. The summed E-state index contributed by atoms with van der Waals surface area (Å²) >= 11 is 1.86. The van der Waals surface area contributed by atoms with Crippen LogP contribution in [0.25, 0.3) is 0 Å². The van der Waals surface area contributed by atoms with Gasteiger partial charge in [0.2, 0.25) is 0 Å². The summed E-state index contributed by atoms with van der Waals surface area (Å²) in [7, 11) is 0. The third-order valence-corrected chi connectivity index (χ3v) is 5.29. The first-order chi connectivity index (χ1) is 10.2. The smallest absolute Gasteiger partial charge is 0.271 e. The number of pyridine rings is 1. The molecule has 4 nitrogen and oxygen atoms in total. The minimum Gasteiger partial charge on any atom is -0.349 e. The molecule has 0 spiro atoms. The summed E-state index contributed by atoms with van der Waals surface area (Å²) in [6.07, 6.45) is 8.55. The maximum atomic E-state index is 12.4. The molecule has 1 fully saturated rings. The molecule has 3 N–H and O–H groups in total. The van der Waals surface area contributed by atoms with Crippen LogP contribution in [0.15, 0.2) is 18.3 Å². The van der Waals surface area contributed by atoms with Gasteiger partial charge in [-0.25, -0.2) is 4.98 Å². The summed E-state index contributed by atoms with van der Waals surface area (Å²) in [4.78, 5) is 16.5. The number of hydrogen-bond acceptors (Lipinski definition) is 4. The lowest BCUT2D eigenvalue weighted by Gasteiger charge is -2.26. The van der Waals surface area contributed by atoms with Crippen molar-refractivity contribution in [1.29, 1.82) is 0 Å². The van der Waals surface area contributed by atoms with Crippen molar-refractivity contribution in [1.82, 2.24) is 10.3 Å². The molecule has 112 valence electrons. The summed E-state index contributed by atoms with van der Waals surface area (Å²) in [5.41, 5.74) is 6.39. The van der Waals surface area contributed by atoms with Crippen molar-refractivity contribution in [3.63, 3.8) is 0 Å². The molecule has 0 atom stereocenters.